The number of aromatic carboxylic acids is 1. The molecule has 3 nitrogen and oxygen atoms in total. The van der Waals surface area contributed by atoms with Crippen molar-refractivity contribution >= 4 is 17.3 Å². The minimum atomic E-state index is -0.949. The molecule has 0 amide bonds. The molecule has 68 valence electrons. The summed E-state index contributed by atoms with van der Waals surface area (Å²) in [6.07, 6.45) is 0. The van der Waals surface area contributed by atoms with Gasteiger partial charge in [-0.05, 0) is 11.5 Å². The van der Waals surface area contributed by atoms with E-state index in [0.717, 1.165) is 11.3 Å². The highest BCUT2D eigenvalue weighted by Gasteiger charge is 2.19. The largest absolute Gasteiger partial charge is 0.477 e. The number of carbonyl (C=O) groups is 1. The summed E-state index contributed by atoms with van der Waals surface area (Å²) in [5.74, 6) is -0.873. The molecule has 0 saturated carbocycles. The van der Waals surface area contributed by atoms with E-state index in [0.29, 0.717) is 11.1 Å². The summed E-state index contributed by atoms with van der Waals surface area (Å²) in [5, 5.41) is 19.1. The molecule has 0 aromatic carbocycles. The van der Waals surface area contributed by atoms with Crippen molar-refractivity contribution < 1.29 is 9.90 Å². The van der Waals surface area contributed by atoms with E-state index < -0.39 is 5.97 Å². The first kappa shape index (κ1) is 9.75. The summed E-state index contributed by atoms with van der Waals surface area (Å²) < 4.78 is 0. The van der Waals surface area contributed by atoms with Gasteiger partial charge in [-0.2, -0.15) is 5.26 Å². The predicted octanol–water partition coefficient (Wildman–Crippen LogP) is 2.44. The average Bonchev–Trinajstić information content (AvgIpc) is 2.46. The molecule has 1 rings (SSSR count). The Morgan fingerprint density at radius 1 is 1.69 bits per heavy atom. The summed E-state index contributed by atoms with van der Waals surface area (Å²) in [5.41, 5.74) is 1.14. The first-order valence-electron chi connectivity index (χ1n) is 3.82. The van der Waals surface area contributed by atoms with Crippen molar-refractivity contribution in [2.24, 2.45) is 0 Å². The molecule has 0 aliphatic heterocycles. The Morgan fingerprint density at radius 2 is 2.31 bits per heavy atom. The van der Waals surface area contributed by atoms with E-state index in [9.17, 15) is 4.79 Å². The third-order valence-electron chi connectivity index (χ3n) is 1.72. The van der Waals surface area contributed by atoms with E-state index in [1.165, 1.54) is 0 Å². The third kappa shape index (κ3) is 1.70. The minimum absolute atomic E-state index is 0.0759. The lowest BCUT2D eigenvalue weighted by atomic mass is 10.00. The maximum absolute atomic E-state index is 10.8. The first-order chi connectivity index (χ1) is 6.07. The van der Waals surface area contributed by atoms with Crippen LogP contribution in [0.15, 0.2) is 5.38 Å². The monoisotopic (exact) mass is 195 g/mol. The normalized spacial score (nSPS) is 10.0. The SMILES string of the molecule is CC(C)c1c(C#N)csc1C(=O)O. The second kappa shape index (κ2) is 3.58. The molecule has 0 aliphatic rings. The third-order valence-corrected chi connectivity index (χ3v) is 2.71. The van der Waals surface area contributed by atoms with Gasteiger partial charge in [-0.1, -0.05) is 13.8 Å². The van der Waals surface area contributed by atoms with Crippen LogP contribution in [0.1, 0.15) is 40.6 Å². The molecule has 0 fully saturated rings. The van der Waals surface area contributed by atoms with Crippen LogP contribution in [0.4, 0.5) is 0 Å². The van der Waals surface area contributed by atoms with Gasteiger partial charge in [0.2, 0.25) is 0 Å². The number of thiophene rings is 1. The highest BCUT2D eigenvalue weighted by molar-refractivity contribution is 7.12. The lowest BCUT2D eigenvalue weighted by molar-refractivity contribution is 0.0700. The fourth-order valence-electron chi connectivity index (χ4n) is 1.19. The Kier molecular flexibility index (Phi) is 2.69. The average molecular weight is 195 g/mol. The molecule has 0 spiro atoms. The second-order valence-corrected chi connectivity index (χ2v) is 3.84. The van der Waals surface area contributed by atoms with E-state index in [1.807, 2.05) is 19.9 Å². The number of carboxylic acid groups (broad SMARTS) is 1. The van der Waals surface area contributed by atoms with Gasteiger partial charge in [0.15, 0.2) is 0 Å². The van der Waals surface area contributed by atoms with Gasteiger partial charge in [-0.15, -0.1) is 11.3 Å². The molecule has 1 N–H and O–H groups in total. The van der Waals surface area contributed by atoms with Crippen LogP contribution >= 0.6 is 11.3 Å². The van der Waals surface area contributed by atoms with Crippen molar-refractivity contribution in [3.8, 4) is 6.07 Å². The van der Waals surface area contributed by atoms with Crippen molar-refractivity contribution in [3.05, 3.63) is 21.4 Å². The zero-order valence-electron chi connectivity index (χ0n) is 7.37. The van der Waals surface area contributed by atoms with Crippen LogP contribution in [0, 0.1) is 11.3 Å². The fraction of sp³-hybridized carbons (Fsp3) is 0.333. The summed E-state index contributed by atoms with van der Waals surface area (Å²) in [6, 6.07) is 2.00. The topological polar surface area (TPSA) is 61.1 Å². The lowest BCUT2D eigenvalue weighted by Crippen LogP contribution is -2.00. The van der Waals surface area contributed by atoms with Crippen LogP contribution in [-0.2, 0) is 0 Å². The van der Waals surface area contributed by atoms with Gasteiger partial charge in [0.25, 0.3) is 0 Å². The molecular weight excluding hydrogens is 186 g/mol. The van der Waals surface area contributed by atoms with Gasteiger partial charge in [0.05, 0.1) is 5.56 Å². The fourth-order valence-corrected chi connectivity index (χ4v) is 2.18. The first-order valence-corrected chi connectivity index (χ1v) is 4.70. The summed E-state index contributed by atoms with van der Waals surface area (Å²) in [6.45, 7) is 3.77. The number of nitriles is 1. The molecule has 0 bridgehead atoms. The molecule has 0 saturated heterocycles. The number of hydrogen-bond acceptors (Lipinski definition) is 3. The van der Waals surface area contributed by atoms with Crippen molar-refractivity contribution in [2.75, 3.05) is 0 Å². The molecule has 1 aromatic rings. The van der Waals surface area contributed by atoms with Crippen molar-refractivity contribution in [1.82, 2.24) is 0 Å². The molecule has 1 aromatic heterocycles. The van der Waals surface area contributed by atoms with Crippen LogP contribution in [0.2, 0.25) is 0 Å². The highest BCUT2D eigenvalue weighted by Crippen LogP contribution is 2.28. The molecular formula is C9H9NO2S. The molecule has 0 aliphatic carbocycles. The molecule has 1 heterocycles. The molecule has 0 unspecified atom stereocenters. The smallest absolute Gasteiger partial charge is 0.346 e. The van der Waals surface area contributed by atoms with E-state index in [2.05, 4.69) is 0 Å². The van der Waals surface area contributed by atoms with E-state index in [4.69, 9.17) is 10.4 Å². The maximum Gasteiger partial charge on any atom is 0.346 e. The van der Waals surface area contributed by atoms with Crippen molar-refractivity contribution in [3.63, 3.8) is 0 Å². The number of hydrogen-bond donors (Lipinski definition) is 1. The quantitative estimate of drug-likeness (QED) is 0.788. The van der Waals surface area contributed by atoms with E-state index in [-0.39, 0.29) is 10.8 Å². The standard InChI is InChI=1S/C9H9NO2S/c1-5(2)7-6(3-10)4-13-8(7)9(11)12/h4-5H,1-2H3,(H,11,12). The summed E-state index contributed by atoms with van der Waals surface area (Å²) >= 11 is 1.12. The van der Waals surface area contributed by atoms with Crippen LogP contribution in [0.25, 0.3) is 0 Å². The Hall–Kier alpha value is -1.34. The van der Waals surface area contributed by atoms with Crippen LogP contribution in [0.5, 0.6) is 0 Å². The lowest BCUT2D eigenvalue weighted by Gasteiger charge is -2.03. The molecule has 0 radical (unpaired) electrons. The van der Waals surface area contributed by atoms with Crippen LogP contribution in [0.3, 0.4) is 0 Å². The highest BCUT2D eigenvalue weighted by atomic mass is 32.1. The van der Waals surface area contributed by atoms with E-state index in [1.54, 1.807) is 5.38 Å². The summed E-state index contributed by atoms with van der Waals surface area (Å²) in [4.78, 5) is 11.0. The molecule has 0 atom stereocenters. The number of nitrogens with zero attached hydrogens (tertiary/aromatic N) is 1. The van der Waals surface area contributed by atoms with Gasteiger partial charge < -0.3 is 5.11 Å². The minimum Gasteiger partial charge on any atom is -0.477 e. The molecule has 4 heteroatoms. The van der Waals surface area contributed by atoms with Gasteiger partial charge in [0, 0.05) is 5.38 Å². The maximum atomic E-state index is 10.8. The Balaban J connectivity index is 3.32. The summed E-state index contributed by atoms with van der Waals surface area (Å²) in [7, 11) is 0. The zero-order chi connectivity index (χ0) is 10.0. The van der Waals surface area contributed by atoms with Gasteiger partial charge in [-0.25, -0.2) is 4.79 Å². The zero-order valence-corrected chi connectivity index (χ0v) is 8.18. The van der Waals surface area contributed by atoms with Crippen LogP contribution < -0.4 is 0 Å². The predicted molar refractivity (Wildman–Crippen MR) is 50.1 cm³/mol. The van der Waals surface area contributed by atoms with Crippen molar-refractivity contribution in [2.45, 2.75) is 19.8 Å². The Morgan fingerprint density at radius 3 is 2.69 bits per heavy atom. The Labute approximate surface area is 80.2 Å². The number of rotatable bonds is 2. The number of carboxylic acids is 1. The van der Waals surface area contributed by atoms with Gasteiger partial charge in [0.1, 0.15) is 10.9 Å². The van der Waals surface area contributed by atoms with Gasteiger partial charge in [-0.3, -0.25) is 0 Å². The van der Waals surface area contributed by atoms with Crippen molar-refractivity contribution in [1.29, 1.82) is 5.26 Å². The van der Waals surface area contributed by atoms with E-state index >= 15 is 0 Å². The van der Waals surface area contributed by atoms with Crippen LogP contribution in [-0.4, -0.2) is 11.1 Å². The van der Waals surface area contributed by atoms with Gasteiger partial charge >= 0.3 is 5.97 Å². The second-order valence-electron chi connectivity index (χ2n) is 2.96. The Bertz CT molecular complexity index is 373. The molecule has 13 heavy (non-hydrogen) atoms.